The smallest absolute Gasteiger partial charge is 0.326 e. The molecule has 1 aliphatic rings. The Bertz CT molecular complexity index is 140. The average molecular weight is 130 g/mol. The minimum absolute atomic E-state index is 0.000602. The van der Waals surface area contributed by atoms with E-state index >= 15 is 0 Å². The summed E-state index contributed by atoms with van der Waals surface area (Å²) in [5, 5.41) is 10.6. The molecule has 0 aromatic rings. The minimum Gasteiger partial charge on any atom is -0.376 e. The van der Waals surface area contributed by atoms with Crippen molar-refractivity contribution in [1.29, 1.82) is 0 Å². The van der Waals surface area contributed by atoms with E-state index in [0.717, 1.165) is 4.90 Å². The first-order valence-corrected chi connectivity index (χ1v) is 2.45. The molecule has 0 saturated carbocycles. The fourth-order valence-corrected chi connectivity index (χ4v) is 0.598. The highest BCUT2D eigenvalue weighted by atomic mass is 16.3. The number of urea groups is 1. The van der Waals surface area contributed by atoms with Crippen LogP contribution < -0.4 is 5.32 Å². The number of hydrogen-bond acceptors (Lipinski definition) is 3. The molecule has 0 radical (unpaired) electrons. The summed E-state index contributed by atoms with van der Waals surface area (Å²) in [5.41, 5.74) is 0. The van der Waals surface area contributed by atoms with E-state index in [1.54, 1.807) is 0 Å². The Morgan fingerprint density at radius 1 is 1.67 bits per heavy atom. The fraction of sp³-hybridized carbons (Fsp3) is 0.500. The van der Waals surface area contributed by atoms with E-state index in [1.165, 1.54) is 0 Å². The van der Waals surface area contributed by atoms with Crippen molar-refractivity contribution >= 4 is 11.9 Å². The van der Waals surface area contributed by atoms with Crippen LogP contribution in [0.25, 0.3) is 0 Å². The Balaban J connectivity index is 2.66. The molecule has 0 bridgehead atoms. The van der Waals surface area contributed by atoms with Crippen molar-refractivity contribution in [2.24, 2.45) is 0 Å². The lowest BCUT2D eigenvalue weighted by atomic mass is 10.6. The Kier molecular flexibility index (Phi) is 1.35. The summed E-state index contributed by atoms with van der Waals surface area (Å²) >= 11 is 0. The topological polar surface area (TPSA) is 69.6 Å². The van der Waals surface area contributed by atoms with Gasteiger partial charge in [-0.25, -0.2) is 9.69 Å². The van der Waals surface area contributed by atoms with E-state index < -0.39 is 12.8 Å². The second kappa shape index (κ2) is 2.02. The number of carbonyl (C=O) groups is 2. The molecule has 0 aliphatic carbocycles. The molecule has 1 aliphatic heterocycles. The van der Waals surface area contributed by atoms with E-state index in [1.807, 2.05) is 0 Å². The van der Waals surface area contributed by atoms with Crippen LogP contribution >= 0.6 is 0 Å². The van der Waals surface area contributed by atoms with Gasteiger partial charge in [-0.05, 0) is 0 Å². The molecule has 0 aromatic carbocycles. The Morgan fingerprint density at radius 3 is 2.56 bits per heavy atom. The lowest BCUT2D eigenvalue weighted by molar-refractivity contribution is -0.127. The first kappa shape index (κ1) is 6.03. The van der Waals surface area contributed by atoms with Crippen molar-refractivity contribution in [2.75, 3.05) is 13.3 Å². The van der Waals surface area contributed by atoms with E-state index in [2.05, 4.69) is 5.32 Å². The van der Waals surface area contributed by atoms with E-state index in [0.29, 0.717) is 0 Å². The van der Waals surface area contributed by atoms with Crippen LogP contribution in [-0.4, -0.2) is 35.2 Å². The standard InChI is InChI=1S/C4H6N2O3/c7-2-6-3(8)1-5-4(6)9/h7H,1-2H2,(H,5,9). The molecule has 2 N–H and O–H groups in total. The van der Waals surface area contributed by atoms with Gasteiger partial charge in [0.15, 0.2) is 0 Å². The SMILES string of the molecule is O=C1CNC(=O)N1CO. The van der Waals surface area contributed by atoms with E-state index in [9.17, 15) is 9.59 Å². The Labute approximate surface area is 51.3 Å². The molecule has 0 aromatic heterocycles. The number of hydrogen-bond donors (Lipinski definition) is 2. The molecule has 1 saturated heterocycles. The quantitative estimate of drug-likeness (QED) is 0.424. The lowest BCUT2D eigenvalue weighted by Crippen LogP contribution is -2.31. The molecule has 3 amide bonds. The number of carbonyl (C=O) groups excluding carboxylic acids is 2. The molecular formula is C4H6N2O3. The van der Waals surface area contributed by atoms with Gasteiger partial charge in [0.25, 0.3) is 5.91 Å². The molecule has 0 unspecified atom stereocenters. The number of rotatable bonds is 1. The van der Waals surface area contributed by atoms with Crippen LogP contribution in [0.2, 0.25) is 0 Å². The summed E-state index contributed by atoms with van der Waals surface area (Å²) in [7, 11) is 0. The van der Waals surface area contributed by atoms with Crippen LogP contribution in [-0.2, 0) is 4.79 Å². The zero-order chi connectivity index (χ0) is 6.85. The molecular weight excluding hydrogens is 124 g/mol. The predicted molar refractivity (Wildman–Crippen MR) is 27.3 cm³/mol. The van der Waals surface area contributed by atoms with Gasteiger partial charge in [0, 0.05) is 0 Å². The molecule has 5 nitrogen and oxygen atoms in total. The van der Waals surface area contributed by atoms with Crippen LogP contribution in [0.5, 0.6) is 0 Å². The summed E-state index contributed by atoms with van der Waals surface area (Å²) < 4.78 is 0. The third kappa shape index (κ3) is 0.857. The maximum Gasteiger partial charge on any atom is 0.326 e. The monoisotopic (exact) mass is 130 g/mol. The van der Waals surface area contributed by atoms with Gasteiger partial charge in [0.1, 0.15) is 6.73 Å². The molecule has 1 fully saturated rings. The molecule has 5 heteroatoms. The number of amides is 3. The van der Waals surface area contributed by atoms with Gasteiger partial charge in [-0.1, -0.05) is 0 Å². The van der Waals surface area contributed by atoms with Gasteiger partial charge in [-0.2, -0.15) is 0 Å². The maximum atomic E-state index is 10.5. The fourth-order valence-electron chi connectivity index (χ4n) is 0.598. The summed E-state index contributed by atoms with van der Waals surface area (Å²) in [6.07, 6.45) is 0. The third-order valence-electron chi connectivity index (χ3n) is 1.08. The van der Waals surface area contributed by atoms with Crippen LogP contribution in [0, 0.1) is 0 Å². The van der Waals surface area contributed by atoms with Crippen LogP contribution in [0.3, 0.4) is 0 Å². The maximum absolute atomic E-state index is 10.5. The zero-order valence-electron chi connectivity index (χ0n) is 4.63. The summed E-state index contributed by atoms with van der Waals surface area (Å²) in [6, 6.07) is -0.525. The number of aliphatic hydroxyl groups excluding tert-OH is 1. The van der Waals surface area contributed by atoms with Gasteiger partial charge in [-0.3, -0.25) is 4.79 Å². The first-order chi connectivity index (χ1) is 4.25. The van der Waals surface area contributed by atoms with Gasteiger partial charge >= 0.3 is 6.03 Å². The third-order valence-corrected chi connectivity index (χ3v) is 1.08. The highest BCUT2D eigenvalue weighted by molar-refractivity contribution is 6.01. The van der Waals surface area contributed by atoms with Gasteiger partial charge in [-0.15, -0.1) is 0 Å². The largest absolute Gasteiger partial charge is 0.376 e. The molecule has 0 spiro atoms. The molecule has 50 valence electrons. The Morgan fingerprint density at radius 2 is 2.33 bits per heavy atom. The number of imide groups is 1. The van der Waals surface area contributed by atoms with Crippen LogP contribution in [0.4, 0.5) is 4.79 Å². The first-order valence-electron chi connectivity index (χ1n) is 2.45. The molecule has 0 atom stereocenters. The average Bonchev–Trinajstić information content (AvgIpc) is 2.12. The Hall–Kier alpha value is -1.10. The van der Waals surface area contributed by atoms with Crippen LogP contribution in [0.15, 0.2) is 0 Å². The van der Waals surface area contributed by atoms with Gasteiger partial charge in [0.05, 0.1) is 6.54 Å². The lowest BCUT2D eigenvalue weighted by Gasteiger charge is -2.04. The number of nitrogens with zero attached hydrogens (tertiary/aromatic N) is 1. The summed E-state index contributed by atoms with van der Waals surface area (Å²) in [5.74, 6) is -0.387. The van der Waals surface area contributed by atoms with E-state index in [-0.39, 0.29) is 12.5 Å². The van der Waals surface area contributed by atoms with Crippen molar-refractivity contribution in [3.8, 4) is 0 Å². The van der Waals surface area contributed by atoms with E-state index in [4.69, 9.17) is 5.11 Å². The van der Waals surface area contributed by atoms with Crippen molar-refractivity contribution < 1.29 is 14.7 Å². The van der Waals surface area contributed by atoms with Crippen molar-refractivity contribution in [1.82, 2.24) is 10.2 Å². The number of aliphatic hydroxyl groups is 1. The highest BCUT2D eigenvalue weighted by Gasteiger charge is 2.26. The predicted octanol–water partition coefficient (Wildman–Crippen LogP) is -1.51. The van der Waals surface area contributed by atoms with Gasteiger partial charge in [0.2, 0.25) is 0 Å². The van der Waals surface area contributed by atoms with Crippen LogP contribution in [0.1, 0.15) is 0 Å². The second-order valence-electron chi connectivity index (χ2n) is 1.62. The minimum atomic E-state index is -0.537. The summed E-state index contributed by atoms with van der Waals surface area (Å²) in [6.45, 7) is -0.538. The highest BCUT2D eigenvalue weighted by Crippen LogP contribution is 1.94. The zero-order valence-corrected chi connectivity index (χ0v) is 4.63. The van der Waals surface area contributed by atoms with Crippen molar-refractivity contribution in [2.45, 2.75) is 0 Å². The van der Waals surface area contributed by atoms with Gasteiger partial charge < -0.3 is 10.4 Å². The molecule has 9 heavy (non-hydrogen) atoms. The molecule has 1 rings (SSSR count). The molecule has 1 heterocycles. The number of nitrogens with one attached hydrogen (secondary N) is 1. The summed E-state index contributed by atoms with van der Waals surface area (Å²) in [4.78, 5) is 21.7. The second-order valence-corrected chi connectivity index (χ2v) is 1.62. The normalized spacial score (nSPS) is 18.6. The van der Waals surface area contributed by atoms with Crippen molar-refractivity contribution in [3.63, 3.8) is 0 Å². The van der Waals surface area contributed by atoms with Crippen molar-refractivity contribution in [3.05, 3.63) is 0 Å².